The van der Waals surface area contributed by atoms with Crippen molar-refractivity contribution in [1.82, 2.24) is 10.9 Å². The zero-order valence-electron chi connectivity index (χ0n) is 13.8. The molecule has 0 aliphatic rings. The van der Waals surface area contributed by atoms with Crippen LogP contribution < -0.4 is 10.9 Å². The SMILES string of the molecule is O=C(CC(=O)N/N=C/c1ccc(O)cc1O)N/N=C/c1ccc(O)cc1O. The summed E-state index contributed by atoms with van der Waals surface area (Å²) in [6.07, 6.45) is 1.74. The summed E-state index contributed by atoms with van der Waals surface area (Å²) in [6, 6.07) is 7.67. The van der Waals surface area contributed by atoms with Gasteiger partial charge in [-0.2, -0.15) is 10.2 Å². The zero-order valence-corrected chi connectivity index (χ0v) is 13.8. The number of hydrazone groups is 2. The Labute approximate surface area is 153 Å². The van der Waals surface area contributed by atoms with Crippen LogP contribution in [0.4, 0.5) is 0 Å². The van der Waals surface area contributed by atoms with E-state index in [0.717, 1.165) is 24.6 Å². The molecule has 10 heteroatoms. The van der Waals surface area contributed by atoms with Crippen LogP contribution >= 0.6 is 0 Å². The molecule has 0 unspecified atom stereocenters. The maximum absolute atomic E-state index is 11.6. The first kappa shape index (κ1) is 19.2. The van der Waals surface area contributed by atoms with Gasteiger partial charge in [0.2, 0.25) is 11.8 Å². The van der Waals surface area contributed by atoms with E-state index >= 15 is 0 Å². The summed E-state index contributed by atoms with van der Waals surface area (Å²) in [5.74, 6) is -2.12. The summed E-state index contributed by atoms with van der Waals surface area (Å²) >= 11 is 0. The van der Waals surface area contributed by atoms with E-state index in [-0.39, 0.29) is 34.1 Å². The van der Waals surface area contributed by atoms with Gasteiger partial charge in [-0.05, 0) is 24.3 Å². The molecular formula is C17H16N4O6. The highest BCUT2D eigenvalue weighted by molar-refractivity contribution is 5.97. The number of nitrogens with zero attached hydrogens (tertiary/aromatic N) is 2. The molecule has 0 aliphatic carbocycles. The number of phenolic OH excluding ortho intramolecular Hbond substituents is 4. The average Bonchev–Trinajstić information content (AvgIpc) is 2.58. The molecule has 0 radical (unpaired) electrons. The van der Waals surface area contributed by atoms with E-state index in [9.17, 15) is 19.8 Å². The maximum Gasteiger partial charge on any atom is 0.249 e. The van der Waals surface area contributed by atoms with Gasteiger partial charge >= 0.3 is 0 Å². The third-order valence-corrected chi connectivity index (χ3v) is 3.13. The van der Waals surface area contributed by atoms with Crippen molar-refractivity contribution >= 4 is 24.2 Å². The predicted molar refractivity (Wildman–Crippen MR) is 95.6 cm³/mol. The van der Waals surface area contributed by atoms with Crippen molar-refractivity contribution in [3.8, 4) is 23.0 Å². The second kappa shape index (κ2) is 8.85. The third kappa shape index (κ3) is 6.05. The van der Waals surface area contributed by atoms with Crippen molar-refractivity contribution in [3.63, 3.8) is 0 Å². The second-order valence-electron chi connectivity index (χ2n) is 5.25. The molecule has 2 aromatic rings. The van der Waals surface area contributed by atoms with E-state index in [4.69, 9.17) is 10.2 Å². The summed E-state index contributed by atoms with van der Waals surface area (Å²) in [4.78, 5) is 23.2. The average molecular weight is 372 g/mol. The monoisotopic (exact) mass is 372 g/mol. The van der Waals surface area contributed by atoms with Gasteiger partial charge in [0, 0.05) is 23.3 Å². The maximum atomic E-state index is 11.6. The number of aromatic hydroxyl groups is 4. The van der Waals surface area contributed by atoms with Crippen LogP contribution in [0.15, 0.2) is 46.6 Å². The van der Waals surface area contributed by atoms with Gasteiger partial charge in [-0.25, -0.2) is 10.9 Å². The van der Waals surface area contributed by atoms with Gasteiger partial charge in [0.15, 0.2) is 0 Å². The Kier molecular flexibility index (Phi) is 6.31. The fraction of sp³-hybridized carbons (Fsp3) is 0.0588. The Hall–Kier alpha value is -4.08. The number of rotatable bonds is 6. The number of hydrogen-bond acceptors (Lipinski definition) is 8. The van der Waals surface area contributed by atoms with Crippen LogP contribution in [0.3, 0.4) is 0 Å². The normalized spacial score (nSPS) is 11.0. The topological polar surface area (TPSA) is 164 Å². The van der Waals surface area contributed by atoms with E-state index in [1.54, 1.807) is 0 Å². The van der Waals surface area contributed by atoms with Crippen molar-refractivity contribution in [2.24, 2.45) is 10.2 Å². The Bertz CT molecular complexity index is 837. The second-order valence-corrected chi connectivity index (χ2v) is 5.25. The molecule has 2 aromatic carbocycles. The fourth-order valence-corrected chi connectivity index (χ4v) is 1.85. The highest BCUT2D eigenvalue weighted by atomic mass is 16.3. The van der Waals surface area contributed by atoms with Crippen LogP contribution in [0.1, 0.15) is 17.5 Å². The standard InChI is InChI=1S/C17H16N4O6/c22-12-3-1-10(14(24)5-12)8-18-20-16(26)7-17(27)21-19-9-11-2-4-13(23)6-15(11)25/h1-6,8-9,22-25H,7H2,(H,20,26)(H,21,27)/b18-8+,19-9+. The predicted octanol–water partition coefficient (Wildman–Crippen LogP) is 0.499. The molecule has 27 heavy (non-hydrogen) atoms. The minimum absolute atomic E-state index is 0.119. The van der Waals surface area contributed by atoms with Crippen molar-refractivity contribution in [2.75, 3.05) is 0 Å². The van der Waals surface area contributed by atoms with E-state index in [1.165, 1.54) is 24.3 Å². The molecule has 2 rings (SSSR count). The van der Waals surface area contributed by atoms with E-state index in [2.05, 4.69) is 21.1 Å². The minimum Gasteiger partial charge on any atom is -0.508 e. The van der Waals surface area contributed by atoms with Gasteiger partial charge in [0.25, 0.3) is 0 Å². The summed E-state index contributed by atoms with van der Waals surface area (Å²) < 4.78 is 0. The number of benzene rings is 2. The van der Waals surface area contributed by atoms with Crippen molar-refractivity contribution < 1.29 is 30.0 Å². The van der Waals surface area contributed by atoms with Crippen LogP contribution in [0, 0.1) is 0 Å². The largest absolute Gasteiger partial charge is 0.508 e. The molecule has 0 saturated heterocycles. The molecule has 0 saturated carbocycles. The molecule has 2 amide bonds. The molecule has 10 nitrogen and oxygen atoms in total. The first-order chi connectivity index (χ1) is 12.8. The number of amides is 2. The number of carbonyl (C=O) groups excluding carboxylic acids is 2. The molecule has 0 atom stereocenters. The van der Waals surface area contributed by atoms with Crippen LogP contribution in [0.25, 0.3) is 0 Å². The lowest BCUT2D eigenvalue weighted by atomic mass is 10.2. The Balaban J connectivity index is 1.80. The van der Waals surface area contributed by atoms with Crippen molar-refractivity contribution in [1.29, 1.82) is 0 Å². The lowest BCUT2D eigenvalue weighted by Gasteiger charge is -2.01. The number of hydrogen-bond donors (Lipinski definition) is 6. The highest BCUT2D eigenvalue weighted by Crippen LogP contribution is 2.21. The molecular weight excluding hydrogens is 356 g/mol. The molecule has 0 bridgehead atoms. The molecule has 140 valence electrons. The summed E-state index contributed by atoms with van der Waals surface area (Å²) in [5, 5.41) is 44.6. The molecule has 0 heterocycles. The smallest absolute Gasteiger partial charge is 0.249 e. The Morgan fingerprint density at radius 2 is 1.19 bits per heavy atom. The van der Waals surface area contributed by atoms with Crippen molar-refractivity contribution in [2.45, 2.75) is 6.42 Å². The van der Waals surface area contributed by atoms with E-state index in [0.29, 0.717) is 0 Å². The number of nitrogens with one attached hydrogen (secondary N) is 2. The van der Waals surface area contributed by atoms with Crippen LogP contribution in [-0.2, 0) is 9.59 Å². The number of carbonyl (C=O) groups is 2. The highest BCUT2D eigenvalue weighted by Gasteiger charge is 2.08. The van der Waals surface area contributed by atoms with E-state index in [1.807, 2.05) is 0 Å². The first-order valence-corrected chi connectivity index (χ1v) is 7.53. The summed E-state index contributed by atoms with van der Waals surface area (Å²) in [6.45, 7) is 0. The molecule has 0 aliphatic heterocycles. The minimum atomic E-state index is -0.718. The molecule has 6 N–H and O–H groups in total. The third-order valence-electron chi connectivity index (χ3n) is 3.13. The van der Waals surface area contributed by atoms with Gasteiger partial charge in [-0.1, -0.05) is 0 Å². The van der Waals surface area contributed by atoms with Gasteiger partial charge < -0.3 is 20.4 Å². The van der Waals surface area contributed by atoms with Crippen LogP contribution in [-0.4, -0.2) is 44.7 Å². The summed E-state index contributed by atoms with van der Waals surface area (Å²) in [5.41, 5.74) is 4.73. The van der Waals surface area contributed by atoms with Crippen LogP contribution in [0.5, 0.6) is 23.0 Å². The number of phenols is 4. The van der Waals surface area contributed by atoms with E-state index < -0.39 is 18.2 Å². The molecule has 0 fully saturated rings. The molecule has 0 aromatic heterocycles. The zero-order chi connectivity index (χ0) is 19.8. The van der Waals surface area contributed by atoms with Gasteiger partial charge in [-0.3, -0.25) is 9.59 Å². The molecule has 0 spiro atoms. The Morgan fingerprint density at radius 3 is 1.56 bits per heavy atom. The van der Waals surface area contributed by atoms with Crippen LogP contribution in [0.2, 0.25) is 0 Å². The van der Waals surface area contributed by atoms with Gasteiger partial charge in [0.1, 0.15) is 29.4 Å². The first-order valence-electron chi connectivity index (χ1n) is 7.53. The fourth-order valence-electron chi connectivity index (χ4n) is 1.85. The van der Waals surface area contributed by atoms with Gasteiger partial charge in [0.05, 0.1) is 12.4 Å². The Morgan fingerprint density at radius 1 is 0.778 bits per heavy atom. The lowest BCUT2D eigenvalue weighted by Crippen LogP contribution is -2.27. The van der Waals surface area contributed by atoms with Crippen molar-refractivity contribution in [3.05, 3.63) is 47.5 Å². The quantitative estimate of drug-likeness (QED) is 0.245. The lowest BCUT2D eigenvalue weighted by molar-refractivity contribution is -0.129. The summed E-state index contributed by atoms with van der Waals surface area (Å²) in [7, 11) is 0. The van der Waals surface area contributed by atoms with Gasteiger partial charge in [-0.15, -0.1) is 0 Å².